The standard InChI is InChI=1S/2C10H11NS.C9H10N2S/c2*1-7(2)10-11-8-5-3-4-6-9(8)12-10;1-6(2)9-11-8-7(12-9)4-3-5-10-8/h2*3-7H,1-2H3;3-6H,1-2H3. The second-order valence-corrected chi connectivity index (χ2v) is 12.6. The van der Waals surface area contributed by atoms with Crippen LogP contribution in [0.3, 0.4) is 0 Å². The molecular formula is C29H32N4S3. The van der Waals surface area contributed by atoms with Crippen LogP contribution in [0.1, 0.15) is 74.3 Å². The minimum absolute atomic E-state index is 0.504. The molecule has 2 aromatic carbocycles. The first kappa shape index (κ1) is 26.3. The molecule has 0 fully saturated rings. The van der Waals surface area contributed by atoms with Crippen molar-refractivity contribution in [3.63, 3.8) is 0 Å². The average molecular weight is 533 g/mol. The van der Waals surface area contributed by atoms with Crippen molar-refractivity contribution in [3.05, 3.63) is 81.9 Å². The minimum atomic E-state index is 0.504. The molecule has 0 aliphatic heterocycles. The van der Waals surface area contributed by atoms with Crippen molar-refractivity contribution in [1.82, 2.24) is 19.9 Å². The van der Waals surface area contributed by atoms with E-state index in [-0.39, 0.29) is 0 Å². The van der Waals surface area contributed by atoms with Gasteiger partial charge in [-0.3, -0.25) is 0 Å². The molecule has 0 aliphatic carbocycles. The summed E-state index contributed by atoms with van der Waals surface area (Å²) in [7, 11) is 0. The van der Waals surface area contributed by atoms with Gasteiger partial charge in [0.25, 0.3) is 0 Å². The molecule has 4 aromatic heterocycles. The van der Waals surface area contributed by atoms with Gasteiger partial charge in [0.15, 0.2) is 5.65 Å². The quantitative estimate of drug-likeness (QED) is 0.228. The summed E-state index contributed by atoms with van der Waals surface area (Å²) in [5.41, 5.74) is 3.14. The van der Waals surface area contributed by atoms with Crippen LogP contribution in [0.4, 0.5) is 0 Å². The lowest BCUT2D eigenvalue weighted by molar-refractivity contribution is 0.855. The van der Waals surface area contributed by atoms with Crippen LogP contribution in [0.2, 0.25) is 0 Å². The van der Waals surface area contributed by atoms with E-state index in [1.165, 1.54) is 29.1 Å². The highest BCUT2D eigenvalue weighted by Crippen LogP contribution is 2.28. The van der Waals surface area contributed by atoms with Crippen molar-refractivity contribution < 1.29 is 0 Å². The normalized spacial score (nSPS) is 11.2. The van der Waals surface area contributed by atoms with Crippen LogP contribution in [0.5, 0.6) is 0 Å². The maximum atomic E-state index is 4.53. The Hall–Kier alpha value is -2.74. The highest BCUT2D eigenvalue weighted by atomic mass is 32.1. The highest BCUT2D eigenvalue weighted by Gasteiger charge is 2.07. The van der Waals surface area contributed by atoms with E-state index in [0.717, 1.165) is 16.7 Å². The molecule has 6 aromatic rings. The summed E-state index contributed by atoms with van der Waals surface area (Å²) in [6.07, 6.45) is 1.78. The number of aromatic nitrogens is 4. The summed E-state index contributed by atoms with van der Waals surface area (Å²) in [5, 5.41) is 3.64. The van der Waals surface area contributed by atoms with Crippen molar-refractivity contribution >= 4 is 64.8 Å². The Bertz CT molecular complexity index is 1260. The van der Waals surface area contributed by atoms with Gasteiger partial charge in [-0.25, -0.2) is 19.9 Å². The lowest BCUT2D eigenvalue weighted by Gasteiger charge is -1.94. The summed E-state index contributed by atoms with van der Waals surface area (Å²) in [6.45, 7) is 13.0. The lowest BCUT2D eigenvalue weighted by atomic mass is 10.2. The topological polar surface area (TPSA) is 51.6 Å². The molecule has 0 N–H and O–H groups in total. The van der Waals surface area contributed by atoms with Crippen LogP contribution in [0, 0.1) is 0 Å². The Morgan fingerprint density at radius 1 is 0.500 bits per heavy atom. The molecule has 0 saturated carbocycles. The molecule has 0 spiro atoms. The summed E-state index contributed by atoms with van der Waals surface area (Å²) in [4.78, 5) is 17.7. The Balaban J connectivity index is 0.000000127. The van der Waals surface area contributed by atoms with Crippen LogP contribution in [0.25, 0.3) is 30.8 Å². The van der Waals surface area contributed by atoms with Gasteiger partial charge in [0.1, 0.15) is 0 Å². The molecule has 0 saturated heterocycles. The molecule has 0 bridgehead atoms. The molecule has 36 heavy (non-hydrogen) atoms. The highest BCUT2D eigenvalue weighted by molar-refractivity contribution is 7.19. The van der Waals surface area contributed by atoms with Crippen LogP contribution in [0.15, 0.2) is 66.9 Å². The summed E-state index contributed by atoms with van der Waals surface area (Å²) in [6, 6.07) is 20.6. The number of hydrogen-bond acceptors (Lipinski definition) is 7. The Labute approximate surface area is 225 Å². The van der Waals surface area contributed by atoms with Crippen molar-refractivity contribution in [2.45, 2.75) is 59.3 Å². The molecular weight excluding hydrogens is 501 g/mol. The Morgan fingerprint density at radius 3 is 1.36 bits per heavy atom. The number of fused-ring (bicyclic) bond motifs is 3. The molecule has 0 atom stereocenters. The van der Waals surface area contributed by atoms with E-state index >= 15 is 0 Å². The van der Waals surface area contributed by atoms with E-state index in [9.17, 15) is 0 Å². The second-order valence-electron chi connectivity index (χ2n) is 9.38. The first-order valence-corrected chi connectivity index (χ1v) is 14.7. The predicted octanol–water partition coefficient (Wildman–Crippen LogP) is 9.65. The third-order valence-electron chi connectivity index (χ3n) is 5.28. The van der Waals surface area contributed by atoms with Gasteiger partial charge >= 0.3 is 0 Å². The van der Waals surface area contributed by atoms with Crippen LogP contribution in [-0.4, -0.2) is 19.9 Å². The van der Waals surface area contributed by atoms with Gasteiger partial charge in [0.05, 0.1) is 40.2 Å². The van der Waals surface area contributed by atoms with Crippen LogP contribution >= 0.6 is 34.0 Å². The monoisotopic (exact) mass is 532 g/mol. The molecule has 7 heteroatoms. The number of thiazole rings is 3. The Kier molecular flexibility index (Phi) is 8.77. The molecule has 6 rings (SSSR count). The zero-order valence-corrected chi connectivity index (χ0v) is 24.0. The molecule has 0 aliphatic rings. The van der Waals surface area contributed by atoms with Gasteiger partial charge in [0.2, 0.25) is 0 Å². The van der Waals surface area contributed by atoms with E-state index in [4.69, 9.17) is 0 Å². The number of benzene rings is 2. The van der Waals surface area contributed by atoms with E-state index in [1.54, 1.807) is 40.2 Å². The van der Waals surface area contributed by atoms with Gasteiger partial charge in [0, 0.05) is 24.0 Å². The summed E-state index contributed by atoms with van der Waals surface area (Å²) in [5.74, 6) is 1.59. The van der Waals surface area contributed by atoms with Gasteiger partial charge in [-0.1, -0.05) is 65.8 Å². The molecule has 4 nitrogen and oxygen atoms in total. The fraction of sp³-hybridized carbons (Fsp3) is 0.310. The fourth-order valence-corrected chi connectivity index (χ4v) is 6.18. The maximum Gasteiger partial charge on any atom is 0.170 e. The van der Waals surface area contributed by atoms with Crippen molar-refractivity contribution in [3.8, 4) is 0 Å². The SMILES string of the molecule is CC(C)c1nc2ccccc2s1.CC(C)c1nc2ccccc2s1.CC(C)c1nc2ncccc2s1. The van der Waals surface area contributed by atoms with Crippen molar-refractivity contribution in [2.24, 2.45) is 0 Å². The first-order chi connectivity index (χ1) is 17.3. The number of pyridine rings is 1. The zero-order chi connectivity index (χ0) is 25.7. The third-order valence-corrected chi connectivity index (χ3v) is 9.27. The van der Waals surface area contributed by atoms with E-state index in [0.29, 0.717) is 17.8 Å². The van der Waals surface area contributed by atoms with Gasteiger partial charge in [-0.2, -0.15) is 0 Å². The van der Waals surface area contributed by atoms with Gasteiger partial charge < -0.3 is 0 Å². The van der Waals surface area contributed by atoms with Crippen molar-refractivity contribution in [1.29, 1.82) is 0 Å². The minimum Gasteiger partial charge on any atom is -0.241 e. The Morgan fingerprint density at radius 2 is 0.917 bits per heavy atom. The van der Waals surface area contributed by atoms with Crippen LogP contribution in [-0.2, 0) is 0 Å². The van der Waals surface area contributed by atoms with E-state index in [1.807, 2.05) is 18.2 Å². The summed E-state index contributed by atoms with van der Waals surface area (Å²) < 4.78 is 3.77. The second kappa shape index (κ2) is 12.0. The number of hydrogen-bond donors (Lipinski definition) is 0. The largest absolute Gasteiger partial charge is 0.241 e. The molecule has 0 unspecified atom stereocenters. The number of nitrogens with zero attached hydrogens (tertiary/aromatic N) is 4. The molecule has 186 valence electrons. The smallest absolute Gasteiger partial charge is 0.170 e. The zero-order valence-electron chi connectivity index (χ0n) is 21.6. The maximum absolute atomic E-state index is 4.53. The van der Waals surface area contributed by atoms with Gasteiger partial charge in [-0.05, 0) is 36.4 Å². The average Bonchev–Trinajstić information content (AvgIpc) is 3.61. The van der Waals surface area contributed by atoms with Gasteiger partial charge in [-0.15, -0.1) is 34.0 Å². The fourth-order valence-electron chi connectivity index (χ4n) is 3.31. The van der Waals surface area contributed by atoms with Crippen molar-refractivity contribution in [2.75, 3.05) is 0 Å². The van der Waals surface area contributed by atoms with E-state index < -0.39 is 0 Å². The van der Waals surface area contributed by atoms with E-state index in [2.05, 4.69) is 104 Å². The molecule has 4 heterocycles. The number of rotatable bonds is 3. The van der Waals surface area contributed by atoms with Crippen LogP contribution < -0.4 is 0 Å². The summed E-state index contributed by atoms with van der Waals surface area (Å²) >= 11 is 5.32. The third kappa shape index (κ3) is 6.52. The molecule has 0 amide bonds. The number of para-hydroxylation sites is 2. The first-order valence-electron chi connectivity index (χ1n) is 12.2. The molecule has 0 radical (unpaired) electrons. The lowest BCUT2D eigenvalue weighted by Crippen LogP contribution is -1.83. The predicted molar refractivity (Wildman–Crippen MR) is 159 cm³/mol.